The van der Waals surface area contributed by atoms with Crippen LogP contribution in [0.5, 0.6) is 0 Å². The van der Waals surface area contributed by atoms with E-state index in [1.807, 2.05) is 18.4 Å². The molecular formula is C14H11BrFNOS. The van der Waals surface area contributed by atoms with Gasteiger partial charge < -0.3 is 5.32 Å². The van der Waals surface area contributed by atoms with Gasteiger partial charge in [-0.2, -0.15) is 0 Å². The number of carbonyl (C=O) groups excluding carboxylic acids is 1. The normalized spacial score (nSPS) is 10.3. The highest BCUT2D eigenvalue weighted by molar-refractivity contribution is 9.10. The molecule has 0 radical (unpaired) electrons. The molecule has 0 heterocycles. The highest BCUT2D eigenvalue weighted by Gasteiger charge is 2.09. The molecular weight excluding hydrogens is 329 g/mol. The summed E-state index contributed by atoms with van der Waals surface area (Å²) in [4.78, 5) is 13.1. The first-order valence-electron chi connectivity index (χ1n) is 5.50. The number of halogens is 2. The number of benzene rings is 2. The summed E-state index contributed by atoms with van der Waals surface area (Å²) < 4.78 is 13.8. The topological polar surface area (TPSA) is 29.1 Å². The SMILES string of the molecule is CSc1ccc(C(=O)Nc2cc(F)ccc2Br)cc1. The van der Waals surface area contributed by atoms with Gasteiger partial charge in [-0.15, -0.1) is 11.8 Å². The van der Waals surface area contributed by atoms with Crippen molar-refractivity contribution < 1.29 is 9.18 Å². The van der Waals surface area contributed by atoms with Crippen molar-refractivity contribution in [3.05, 3.63) is 58.3 Å². The molecule has 0 aromatic heterocycles. The zero-order valence-electron chi connectivity index (χ0n) is 10.1. The highest BCUT2D eigenvalue weighted by atomic mass is 79.9. The van der Waals surface area contributed by atoms with Gasteiger partial charge in [-0.1, -0.05) is 0 Å². The fourth-order valence-electron chi connectivity index (χ4n) is 1.53. The molecule has 0 aliphatic carbocycles. The molecule has 98 valence electrons. The Kier molecular flexibility index (Phi) is 4.61. The molecule has 0 unspecified atom stereocenters. The van der Waals surface area contributed by atoms with Crippen LogP contribution in [0.3, 0.4) is 0 Å². The minimum Gasteiger partial charge on any atom is -0.321 e. The van der Waals surface area contributed by atoms with Gasteiger partial charge >= 0.3 is 0 Å². The molecule has 0 atom stereocenters. The van der Waals surface area contributed by atoms with E-state index in [0.717, 1.165) is 4.90 Å². The van der Waals surface area contributed by atoms with Crippen molar-refractivity contribution in [2.75, 3.05) is 11.6 Å². The average Bonchev–Trinajstić information content (AvgIpc) is 2.43. The first-order valence-corrected chi connectivity index (χ1v) is 7.52. The molecule has 0 spiro atoms. The predicted octanol–water partition coefficient (Wildman–Crippen LogP) is 4.56. The molecule has 0 saturated heterocycles. The first-order chi connectivity index (χ1) is 9.10. The van der Waals surface area contributed by atoms with Crippen LogP contribution < -0.4 is 5.32 Å². The van der Waals surface area contributed by atoms with Gasteiger partial charge in [0, 0.05) is 14.9 Å². The zero-order chi connectivity index (χ0) is 13.8. The third-order valence-electron chi connectivity index (χ3n) is 2.53. The molecule has 1 N–H and O–H groups in total. The van der Waals surface area contributed by atoms with Gasteiger partial charge in [0.25, 0.3) is 5.91 Å². The van der Waals surface area contributed by atoms with Crippen molar-refractivity contribution in [1.29, 1.82) is 0 Å². The lowest BCUT2D eigenvalue weighted by Crippen LogP contribution is -2.12. The van der Waals surface area contributed by atoms with Gasteiger partial charge in [-0.3, -0.25) is 4.79 Å². The monoisotopic (exact) mass is 339 g/mol. The fraction of sp³-hybridized carbons (Fsp3) is 0.0714. The molecule has 1 amide bonds. The molecule has 0 saturated carbocycles. The van der Waals surface area contributed by atoms with E-state index in [4.69, 9.17) is 0 Å². The summed E-state index contributed by atoms with van der Waals surface area (Å²) in [5.41, 5.74) is 0.952. The van der Waals surface area contributed by atoms with Crippen LogP contribution in [0.2, 0.25) is 0 Å². The molecule has 2 aromatic rings. The fourth-order valence-corrected chi connectivity index (χ4v) is 2.28. The summed E-state index contributed by atoms with van der Waals surface area (Å²) in [7, 11) is 0. The van der Waals surface area contributed by atoms with E-state index in [0.29, 0.717) is 15.7 Å². The first kappa shape index (κ1) is 14.1. The lowest BCUT2D eigenvalue weighted by Gasteiger charge is -2.08. The van der Waals surface area contributed by atoms with E-state index < -0.39 is 5.82 Å². The Balaban J connectivity index is 2.18. The maximum atomic E-state index is 13.1. The number of carbonyl (C=O) groups is 1. The molecule has 0 bridgehead atoms. The van der Waals surface area contributed by atoms with Crippen LogP contribution in [0, 0.1) is 5.82 Å². The minimum atomic E-state index is -0.392. The molecule has 2 nitrogen and oxygen atoms in total. The van der Waals surface area contributed by atoms with Crippen molar-refractivity contribution >= 4 is 39.3 Å². The van der Waals surface area contributed by atoms with Crippen molar-refractivity contribution in [2.45, 2.75) is 4.90 Å². The maximum Gasteiger partial charge on any atom is 0.255 e. The van der Waals surface area contributed by atoms with Crippen molar-refractivity contribution in [3.8, 4) is 0 Å². The third kappa shape index (κ3) is 3.58. The molecule has 19 heavy (non-hydrogen) atoms. The number of hydrogen-bond donors (Lipinski definition) is 1. The second kappa shape index (κ2) is 6.21. The van der Waals surface area contributed by atoms with Crippen LogP contribution in [0.15, 0.2) is 51.8 Å². The minimum absolute atomic E-state index is 0.265. The van der Waals surface area contributed by atoms with Gasteiger partial charge in [0.15, 0.2) is 0 Å². The van der Waals surface area contributed by atoms with Crippen LogP contribution in [-0.2, 0) is 0 Å². The predicted molar refractivity (Wildman–Crippen MR) is 80.3 cm³/mol. The molecule has 2 rings (SSSR count). The molecule has 0 aliphatic rings. The van der Waals surface area contributed by atoms with E-state index in [-0.39, 0.29) is 5.91 Å². The van der Waals surface area contributed by atoms with Crippen molar-refractivity contribution in [2.24, 2.45) is 0 Å². The molecule has 0 fully saturated rings. The van der Waals surface area contributed by atoms with Gasteiger partial charge in [0.05, 0.1) is 5.69 Å². The summed E-state index contributed by atoms with van der Waals surface area (Å²) in [5, 5.41) is 2.67. The van der Waals surface area contributed by atoms with Crippen LogP contribution in [0.25, 0.3) is 0 Å². The van der Waals surface area contributed by atoms with Gasteiger partial charge in [0.2, 0.25) is 0 Å². The number of rotatable bonds is 3. The van der Waals surface area contributed by atoms with E-state index in [1.165, 1.54) is 12.1 Å². The van der Waals surface area contributed by atoms with Crippen LogP contribution in [0.1, 0.15) is 10.4 Å². The van der Waals surface area contributed by atoms with Crippen LogP contribution in [0.4, 0.5) is 10.1 Å². The molecule has 2 aromatic carbocycles. The smallest absolute Gasteiger partial charge is 0.255 e. The van der Waals surface area contributed by atoms with Crippen LogP contribution in [-0.4, -0.2) is 12.2 Å². The lowest BCUT2D eigenvalue weighted by atomic mass is 10.2. The van der Waals surface area contributed by atoms with Crippen LogP contribution >= 0.6 is 27.7 Å². The lowest BCUT2D eigenvalue weighted by molar-refractivity contribution is 0.102. The van der Waals surface area contributed by atoms with E-state index >= 15 is 0 Å². The number of nitrogens with one attached hydrogen (secondary N) is 1. The van der Waals surface area contributed by atoms with Gasteiger partial charge in [-0.05, 0) is 64.7 Å². The van der Waals surface area contributed by atoms with Gasteiger partial charge in [0.1, 0.15) is 5.82 Å². The van der Waals surface area contributed by atoms with Crippen molar-refractivity contribution in [1.82, 2.24) is 0 Å². The van der Waals surface area contributed by atoms with E-state index in [2.05, 4.69) is 21.2 Å². The Morgan fingerprint density at radius 1 is 1.21 bits per heavy atom. The summed E-state index contributed by atoms with van der Waals surface area (Å²) in [6, 6.07) is 11.4. The van der Waals surface area contributed by atoms with E-state index in [1.54, 1.807) is 30.0 Å². The second-order valence-corrected chi connectivity index (χ2v) is 5.54. The largest absolute Gasteiger partial charge is 0.321 e. The maximum absolute atomic E-state index is 13.1. The number of amides is 1. The Morgan fingerprint density at radius 3 is 2.53 bits per heavy atom. The molecule has 0 aliphatic heterocycles. The summed E-state index contributed by atoms with van der Waals surface area (Å²) in [5.74, 6) is -0.657. The van der Waals surface area contributed by atoms with Crippen molar-refractivity contribution in [3.63, 3.8) is 0 Å². The highest BCUT2D eigenvalue weighted by Crippen LogP contribution is 2.24. The number of thioether (sulfide) groups is 1. The summed E-state index contributed by atoms with van der Waals surface area (Å²) >= 11 is 4.88. The quantitative estimate of drug-likeness (QED) is 0.830. The standard InChI is InChI=1S/C14H11BrFNOS/c1-19-11-5-2-9(3-6-11)14(18)17-13-8-10(16)4-7-12(13)15/h2-8H,1H3,(H,17,18). The number of anilines is 1. The Hall–Kier alpha value is -1.33. The molecule has 5 heteroatoms. The average molecular weight is 340 g/mol. The van der Waals surface area contributed by atoms with E-state index in [9.17, 15) is 9.18 Å². The second-order valence-electron chi connectivity index (χ2n) is 3.81. The summed E-state index contributed by atoms with van der Waals surface area (Å²) in [6.07, 6.45) is 1.97. The Labute approximate surface area is 123 Å². The van der Waals surface area contributed by atoms with Gasteiger partial charge in [-0.25, -0.2) is 4.39 Å². The Bertz CT molecular complexity index is 601. The third-order valence-corrected chi connectivity index (χ3v) is 3.96. The summed E-state index contributed by atoms with van der Waals surface area (Å²) in [6.45, 7) is 0. The number of hydrogen-bond acceptors (Lipinski definition) is 2. The zero-order valence-corrected chi connectivity index (χ0v) is 12.5. The Morgan fingerprint density at radius 2 is 1.89 bits per heavy atom.